The first-order chi connectivity index (χ1) is 10.4. The maximum Gasteiger partial charge on any atom is 0.0801 e. The van der Waals surface area contributed by atoms with Gasteiger partial charge in [0, 0.05) is 30.4 Å². The molecule has 0 spiro atoms. The minimum absolute atomic E-state index is 0.0804. The fourth-order valence-electron chi connectivity index (χ4n) is 3.24. The Bertz CT molecular complexity index is 664. The van der Waals surface area contributed by atoms with E-state index in [-0.39, 0.29) is 5.60 Å². The molecule has 1 fully saturated rings. The topological polar surface area (TPSA) is 25.4 Å². The van der Waals surface area contributed by atoms with Gasteiger partial charge in [0.2, 0.25) is 0 Å². The highest BCUT2D eigenvalue weighted by Gasteiger charge is 2.27. The summed E-state index contributed by atoms with van der Waals surface area (Å²) in [6.45, 7) is 11.5. The van der Waals surface area contributed by atoms with Crippen LogP contribution in [0.25, 0.3) is 10.9 Å². The van der Waals surface area contributed by atoms with E-state index in [2.05, 4.69) is 61.8 Å². The number of benzene rings is 1. The minimum Gasteiger partial charge on any atom is -0.372 e. The zero-order valence-corrected chi connectivity index (χ0v) is 14.1. The van der Waals surface area contributed by atoms with E-state index in [9.17, 15) is 0 Å². The highest BCUT2D eigenvalue weighted by molar-refractivity contribution is 5.85. The summed E-state index contributed by atoms with van der Waals surface area (Å²) in [7, 11) is 0. The van der Waals surface area contributed by atoms with Crippen molar-refractivity contribution in [2.75, 3.05) is 24.6 Å². The van der Waals surface area contributed by atoms with E-state index in [1.807, 2.05) is 6.20 Å². The van der Waals surface area contributed by atoms with Gasteiger partial charge in [0.1, 0.15) is 0 Å². The van der Waals surface area contributed by atoms with Gasteiger partial charge in [-0.05, 0) is 56.0 Å². The maximum atomic E-state index is 5.83. The molecule has 3 heteroatoms. The minimum atomic E-state index is -0.0804. The molecule has 22 heavy (non-hydrogen) atoms. The molecular formula is C19H26N2O. The summed E-state index contributed by atoms with van der Waals surface area (Å²) in [5, 5.41) is 1.29. The summed E-state index contributed by atoms with van der Waals surface area (Å²) < 4.78 is 5.83. The van der Waals surface area contributed by atoms with E-state index in [0.717, 1.165) is 31.6 Å². The van der Waals surface area contributed by atoms with E-state index in [0.29, 0.717) is 5.92 Å². The molecule has 0 unspecified atom stereocenters. The third-order valence-electron chi connectivity index (χ3n) is 4.23. The molecule has 0 radical (unpaired) electrons. The molecular weight excluding hydrogens is 272 g/mol. The molecule has 1 saturated heterocycles. The molecule has 0 aliphatic carbocycles. The summed E-state index contributed by atoms with van der Waals surface area (Å²) >= 11 is 0. The molecule has 0 bridgehead atoms. The normalized spacial score (nSPS) is 18.1. The number of hydrogen-bond acceptors (Lipinski definition) is 3. The van der Waals surface area contributed by atoms with Gasteiger partial charge in [-0.25, -0.2) is 0 Å². The second kappa shape index (κ2) is 5.88. The van der Waals surface area contributed by atoms with Crippen LogP contribution in [-0.4, -0.2) is 30.3 Å². The fourth-order valence-corrected chi connectivity index (χ4v) is 3.24. The van der Waals surface area contributed by atoms with Crippen molar-refractivity contribution >= 4 is 16.6 Å². The van der Waals surface area contributed by atoms with Crippen LogP contribution in [0.15, 0.2) is 30.5 Å². The first-order valence-electron chi connectivity index (χ1n) is 8.21. The second-order valence-electron chi connectivity index (χ2n) is 7.30. The molecule has 0 atom stereocenters. The number of hydrogen-bond donors (Lipinski definition) is 0. The average molecular weight is 298 g/mol. The standard InChI is InChI=1S/C19H26N2O/c1-14(2)11-15-7-8-20-18-6-5-16(12-17(15)18)21-9-10-22-19(3,4)13-21/h5-8,12,14H,9-11,13H2,1-4H3. The van der Waals surface area contributed by atoms with Crippen molar-refractivity contribution in [3.63, 3.8) is 0 Å². The number of anilines is 1. The van der Waals surface area contributed by atoms with Crippen molar-refractivity contribution in [1.29, 1.82) is 0 Å². The first-order valence-corrected chi connectivity index (χ1v) is 8.21. The van der Waals surface area contributed by atoms with Crippen LogP contribution in [0.5, 0.6) is 0 Å². The number of rotatable bonds is 3. The monoisotopic (exact) mass is 298 g/mol. The van der Waals surface area contributed by atoms with E-state index in [1.54, 1.807) is 0 Å². The van der Waals surface area contributed by atoms with Gasteiger partial charge in [0.25, 0.3) is 0 Å². The van der Waals surface area contributed by atoms with Gasteiger partial charge >= 0.3 is 0 Å². The summed E-state index contributed by atoms with van der Waals surface area (Å²) in [4.78, 5) is 6.95. The van der Waals surface area contributed by atoms with E-state index in [4.69, 9.17) is 4.74 Å². The van der Waals surface area contributed by atoms with Gasteiger partial charge in [-0.2, -0.15) is 0 Å². The maximum absolute atomic E-state index is 5.83. The number of morpholine rings is 1. The summed E-state index contributed by atoms with van der Waals surface area (Å²) in [5.41, 5.74) is 3.69. The smallest absolute Gasteiger partial charge is 0.0801 e. The summed E-state index contributed by atoms with van der Waals surface area (Å²) in [5.74, 6) is 0.650. The molecule has 118 valence electrons. The van der Waals surface area contributed by atoms with Crippen molar-refractivity contribution in [3.8, 4) is 0 Å². The van der Waals surface area contributed by atoms with Gasteiger partial charge in [-0.3, -0.25) is 4.98 Å². The summed E-state index contributed by atoms with van der Waals surface area (Å²) in [6.07, 6.45) is 3.02. The van der Waals surface area contributed by atoms with Crippen LogP contribution < -0.4 is 4.90 Å². The Kier molecular flexibility index (Phi) is 4.09. The predicted octanol–water partition coefficient (Wildman–Crippen LogP) is 4.05. The number of pyridine rings is 1. The second-order valence-corrected chi connectivity index (χ2v) is 7.30. The Balaban J connectivity index is 1.97. The van der Waals surface area contributed by atoms with Gasteiger partial charge in [0.05, 0.1) is 17.7 Å². The molecule has 3 nitrogen and oxygen atoms in total. The average Bonchev–Trinajstić information content (AvgIpc) is 2.45. The number of nitrogens with zero attached hydrogens (tertiary/aromatic N) is 2. The van der Waals surface area contributed by atoms with E-state index < -0.39 is 0 Å². The largest absolute Gasteiger partial charge is 0.372 e. The third kappa shape index (κ3) is 3.25. The van der Waals surface area contributed by atoms with Crippen molar-refractivity contribution < 1.29 is 4.74 Å². The van der Waals surface area contributed by atoms with Crippen LogP contribution in [0, 0.1) is 5.92 Å². The first kappa shape index (κ1) is 15.3. The van der Waals surface area contributed by atoms with Crippen LogP contribution in [0.2, 0.25) is 0 Å². The van der Waals surface area contributed by atoms with Crippen molar-refractivity contribution in [1.82, 2.24) is 4.98 Å². The van der Waals surface area contributed by atoms with Crippen LogP contribution in [0.3, 0.4) is 0 Å². The van der Waals surface area contributed by atoms with Crippen LogP contribution in [0.4, 0.5) is 5.69 Å². The Morgan fingerprint density at radius 2 is 2.09 bits per heavy atom. The quantitative estimate of drug-likeness (QED) is 0.855. The van der Waals surface area contributed by atoms with Crippen molar-refractivity contribution in [2.24, 2.45) is 5.92 Å². The van der Waals surface area contributed by atoms with Crippen LogP contribution >= 0.6 is 0 Å². The van der Waals surface area contributed by atoms with Gasteiger partial charge in [0.15, 0.2) is 0 Å². The zero-order chi connectivity index (χ0) is 15.7. The van der Waals surface area contributed by atoms with Gasteiger partial charge in [-0.15, -0.1) is 0 Å². The van der Waals surface area contributed by atoms with Gasteiger partial charge in [-0.1, -0.05) is 13.8 Å². The number of aromatic nitrogens is 1. The highest BCUT2D eigenvalue weighted by atomic mass is 16.5. The Morgan fingerprint density at radius 3 is 2.82 bits per heavy atom. The summed E-state index contributed by atoms with van der Waals surface area (Å²) in [6, 6.07) is 8.81. The molecule has 1 aromatic carbocycles. The van der Waals surface area contributed by atoms with E-state index in [1.165, 1.54) is 16.6 Å². The Morgan fingerprint density at radius 1 is 1.27 bits per heavy atom. The SMILES string of the molecule is CC(C)Cc1ccnc2ccc(N3CCOC(C)(C)C3)cc12. The Hall–Kier alpha value is -1.61. The number of fused-ring (bicyclic) bond motifs is 1. The molecule has 0 N–H and O–H groups in total. The lowest BCUT2D eigenvalue weighted by molar-refractivity contribution is -0.0276. The lowest BCUT2D eigenvalue weighted by atomic mass is 9.98. The molecule has 3 rings (SSSR count). The highest BCUT2D eigenvalue weighted by Crippen LogP contribution is 2.28. The molecule has 1 aromatic heterocycles. The predicted molar refractivity (Wildman–Crippen MR) is 92.5 cm³/mol. The lowest BCUT2D eigenvalue weighted by Crippen LogP contribution is -2.48. The van der Waals surface area contributed by atoms with Crippen LogP contribution in [-0.2, 0) is 11.2 Å². The van der Waals surface area contributed by atoms with Crippen molar-refractivity contribution in [2.45, 2.75) is 39.7 Å². The van der Waals surface area contributed by atoms with Gasteiger partial charge < -0.3 is 9.64 Å². The molecule has 1 aliphatic rings. The molecule has 2 heterocycles. The Labute approximate surface area is 133 Å². The number of ether oxygens (including phenoxy) is 1. The molecule has 1 aliphatic heterocycles. The zero-order valence-electron chi connectivity index (χ0n) is 14.1. The molecule has 0 amide bonds. The fraction of sp³-hybridized carbons (Fsp3) is 0.526. The molecule has 0 saturated carbocycles. The van der Waals surface area contributed by atoms with Crippen molar-refractivity contribution in [3.05, 3.63) is 36.0 Å². The molecule has 2 aromatic rings. The third-order valence-corrected chi connectivity index (χ3v) is 4.23. The lowest BCUT2D eigenvalue weighted by Gasteiger charge is -2.39. The van der Waals surface area contributed by atoms with Crippen LogP contribution in [0.1, 0.15) is 33.3 Å². The van der Waals surface area contributed by atoms with E-state index >= 15 is 0 Å².